The number of carbonyl (C=O) groups excluding carboxylic acids is 1. The maximum Gasteiger partial charge on any atom is 0.356 e. The van der Waals surface area contributed by atoms with E-state index < -0.39 is 5.97 Å². The second kappa shape index (κ2) is 5.01. The van der Waals surface area contributed by atoms with Gasteiger partial charge in [-0.05, 0) is 17.7 Å². The smallest absolute Gasteiger partial charge is 0.356 e. The van der Waals surface area contributed by atoms with Crippen molar-refractivity contribution in [3.63, 3.8) is 0 Å². The Hall–Kier alpha value is -2.70. The van der Waals surface area contributed by atoms with Crippen LogP contribution in [-0.4, -0.2) is 38.2 Å². The number of nitrogens with zero attached hydrogens (tertiary/aromatic N) is 3. The molecule has 0 saturated heterocycles. The van der Waals surface area contributed by atoms with Gasteiger partial charge < -0.3 is 10.0 Å². The van der Waals surface area contributed by atoms with E-state index >= 15 is 0 Å². The minimum Gasteiger partial charge on any atom is -0.476 e. The third-order valence-electron chi connectivity index (χ3n) is 3.35. The van der Waals surface area contributed by atoms with Crippen molar-refractivity contribution in [2.45, 2.75) is 13.1 Å². The van der Waals surface area contributed by atoms with E-state index in [1.54, 1.807) is 17.0 Å². The number of benzene rings is 1. The highest BCUT2D eigenvalue weighted by atomic mass is 19.1. The van der Waals surface area contributed by atoms with Crippen LogP contribution in [0.1, 0.15) is 26.5 Å². The highest BCUT2D eigenvalue weighted by Gasteiger charge is 2.27. The number of fused-ring (bicyclic) bond motifs is 1. The van der Waals surface area contributed by atoms with Crippen LogP contribution in [0, 0.1) is 5.82 Å². The molecule has 1 aliphatic rings. The molecule has 0 spiro atoms. The van der Waals surface area contributed by atoms with Crippen LogP contribution < -0.4 is 0 Å². The minimum absolute atomic E-state index is 0.147. The third-order valence-corrected chi connectivity index (χ3v) is 3.35. The molecule has 1 amide bonds. The molecule has 108 valence electrons. The van der Waals surface area contributed by atoms with Crippen molar-refractivity contribution in [1.29, 1.82) is 0 Å². The van der Waals surface area contributed by atoms with Crippen molar-refractivity contribution < 1.29 is 19.1 Å². The number of hydrogen-bond donors (Lipinski definition) is 1. The standard InChI is InChI=1S/C14H12FN3O3/c15-10-3-1-2-9(6-10)8-17-4-5-18-12(13(17)19)7-11(16-18)14(20)21/h1-3,6-7H,4-5,8H2,(H,20,21). The van der Waals surface area contributed by atoms with E-state index in [4.69, 9.17) is 5.11 Å². The van der Waals surface area contributed by atoms with Gasteiger partial charge in [0, 0.05) is 19.2 Å². The lowest BCUT2D eigenvalue weighted by Crippen LogP contribution is -2.39. The van der Waals surface area contributed by atoms with Gasteiger partial charge >= 0.3 is 5.97 Å². The summed E-state index contributed by atoms with van der Waals surface area (Å²) >= 11 is 0. The van der Waals surface area contributed by atoms with Gasteiger partial charge in [0.2, 0.25) is 0 Å². The van der Waals surface area contributed by atoms with E-state index in [0.29, 0.717) is 18.7 Å². The first-order valence-electron chi connectivity index (χ1n) is 6.39. The van der Waals surface area contributed by atoms with Crippen molar-refractivity contribution >= 4 is 11.9 Å². The average Bonchev–Trinajstić information content (AvgIpc) is 2.87. The predicted octanol–water partition coefficient (Wildman–Crippen LogP) is 1.38. The lowest BCUT2D eigenvalue weighted by molar-refractivity contribution is 0.0670. The number of carbonyl (C=O) groups is 2. The summed E-state index contributed by atoms with van der Waals surface area (Å²) in [5.41, 5.74) is 0.788. The molecular weight excluding hydrogens is 277 g/mol. The summed E-state index contributed by atoms with van der Waals surface area (Å²) in [5.74, 6) is -1.82. The van der Waals surface area contributed by atoms with Crippen molar-refractivity contribution in [2.24, 2.45) is 0 Å². The fraction of sp³-hybridized carbons (Fsp3) is 0.214. The van der Waals surface area contributed by atoms with Crippen LogP contribution in [0.3, 0.4) is 0 Å². The highest BCUT2D eigenvalue weighted by Crippen LogP contribution is 2.17. The molecule has 0 unspecified atom stereocenters. The van der Waals surface area contributed by atoms with Crippen molar-refractivity contribution in [2.75, 3.05) is 6.54 Å². The molecule has 1 aromatic heterocycles. The molecule has 0 saturated carbocycles. The van der Waals surface area contributed by atoms with Gasteiger partial charge in [0.05, 0.1) is 6.54 Å². The first kappa shape index (κ1) is 13.3. The Morgan fingerprint density at radius 2 is 2.14 bits per heavy atom. The van der Waals surface area contributed by atoms with E-state index in [-0.39, 0.29) is 29.7 Å². The van der Waals surface area contributed by atoms with Crippen LogP contribution >= 0.6 is 0 Å². The molecule has 1 N–H and O–H groups in total. The van der Waals surface area contributed by atoms with E-state index in [9.17, 15) is 14.0 Å². The lowest BCUT2D eigenvalue weighted by atomic mass is 10.2. The molecule has 1 aliphatic heterocycles. The van der Waals surface area contributed by atoms with Gasteiger partial charge in [-0.1, -0.05) is 12.1 Å². The fourth-order valence-electron chi connectivity index (χ4n) is 2.35. The molecule has 0 radical (unpaired) electrons. The van der Waals surface area contributed by atoms with Gasteiger partial charge in [0.25, 0.3) is 5.91 Å². The number of aromatic nitrogens is 2. The molecule has 6 nitrogen and oxygen atoms in total. The molecule has 0 fully saturated rings. The first-order chi connectivity index (χ1) is 10.0. The summed E-state index contributed by atoms with van der Waals surface area (Å²) in [7, 11) is 0. The van der Waals surface area contributed by atoms with Crippen LogP contribution in [-0.2, 0) is 13.1 Å². The number of rotatable bonds is 3. The van der Waals surface area contributed by atoms with E-state index in [2.05, 4.69) is 5.10 Å². The summed E-state index contributed by atoms with van der Waals surface area (Å²) in [6, 6.07) is 7.32. The number of amides is 1. The zero-order valence-corrected chi connectivity index (χ0v) is 11.0. The number of aromatic carboxylic acids is 1. The maximum atomic E-state index is 13.2. The summed E-state index contributed by atoms with van der Waals surface area (Å²) in [6.07, 6.45) is 0. The van der Waals surface area contributed by atoms with Crippen LogP contribution in [0.2, 0.25) is 0 Å². The van der Waals surface area contributed by atoms with Gasteiger partial charge in [-0.15, -0.1) is 0 Å². The zero-order valence-electron chi connectivity index (χ0n) is 11.0. The Labute approximate surface area is 119 Å². The molecule has 2 aromatic rings. The molecule has 0 atom stereocenters. The summed E-state index contributed by atoms with van der Waals surface area (Å²) in [5, 5.41) is 12.8. The molecule has 3 rings (SSSR count). The Bertz CT molecular complexity index is 726. The first-order valence-corrected chi connectivity index (χ1v) is 6.39. The average molecular weight is 289 g/mol. The van der Waals surface area contributed by atoms with Gasteiger partial charge in [-0.2, -0.15) is 5.10 Å². The highest BCUT2D eigenvalue weighted by molar-refractivity contribution is 5.96. The Morgan fingerprint density at radius 3 is 2.86 bits per heavy atom. The molecule has 0 bridgehead atoms. The molecule has 7 heteroatoms. The number of carboxylic acids is 1. The monoisotopic (exact) mass is 289 g/mol. The SMILES string of the molecule is O=C(O)c1cc2n(n1)CCN(Cc1cccc(F)c1)C2=O. The van der Waals surface area contributed by atoms with E-state index in [1.165, 1.54) is 22.9 Å². The number of halogens is 1. The van der Waals surface area contributed by atoms with Gasteiger partial charge in [-0.25, -0.2) is 9.18 Å². The van der Waals surface area contributed by atoms with Crippen LogP contribution in [0.15, 0.2) is 30.3 Å². The summed E-state index contributed by atoms with van der Waals surface area (Å²) in [6.45, 7) is 1.11. The quantitative estimate of drug-likeness (QED) is 0.926. The zero-order chi connectivity index (χ0) is 15.0. The topological polar surface area (TPSA) is 75.4 Å². The maximum absolute atomic E-state index is 13.2. The summed E-state index contributed by atoms with van der Waals surface area (Å²) < 4.78 is 14.6. The molecular formula is C14H12FN3O3. The largest absolute Gasteiger partial charge is 0.476 e. The number of carboxylic acid groups (broad SMARTS) is 1. The minimum atomic E-state index is -1.17. The van der Waals surface area contributed by atoms with E-state index in [0.717, 1.165) is 0 Å². The molecule has 21 heavy (non-hydrogen) atoms. The second-order valence-electron chi connectivity index (χ2n) is 4.80. The van der Waals surface area contributed by atoms with Crippen LogP contribution in [0.5, 0.6) is 0 Å². The predicted molar refractivity (Wildman–Crippen MR) is 70.3 cm³/mol. The van der Waals surface area contributed by atoms with Gasteiger partial charge in [-0.3, -0.25) is 9.48 Å². The third kappa shape index (κ3) is 2.49. The molecule has 0 aliphatic carbocycles. The lowest BCUT2D eigenvalue weighted by Gasteiger charge is -2.27. The van der Waals surface area contributed by atoms with Crippen molar-refractivity contribution in [3.05, 3.63) is 53.1 Å². The van der Waals surface area contributed by atoms with E-state index in [1.807, 2.05) is 0 Å². The van der Waals surface area contributed by atoms with Crippen molar-refractivity contribution in [3.8, 4) is 0 Å². The molecule has 1 aromatic carbocycles. The van der Waals surface area contributed by atoms with Crippen LogP contribution in [0.4, 0.5) is 4.39 Å². The fourth-order valence-corrected chi connectivity index (χ4v) is 2.35. The van der Waals surface area contributed by atoms with Crippen molar-refractivity contribution in [1.82, 2.24) is 14.7 Å². The normalized spacial score (nSPS) is 14.1. The Morgan fingerprint density at radius 1 is 1.33 bits per heavy atom. The Balaban J connectivity index is 1.83. The second-order valence-corrected chi connectivity index (χ2v) is 4.80. The number of hydrogen-bond acceptors (Lipinski definition) is 3. The molecule has 2 heterocycles. The van der Waals surface area contributed by atoms with Gasteiger partial charge in [0.15, 0.2) is 5.69 Å². The van der Waals surface area contributed by atoms with Gasteiger partial charge in [0.1, 0.15) is 11.5 Å². The van der Waals surface area contributed by atoms with Crippen LogP contribution in [0.25, 0.3) is 0 Å². The Kier molecular flexibility index (Phi) is 3.17. The summed E-state index contributed by atoms with van der Waals surface area (Å²) in [4.78, 5) is 24.8.